The number of nitrogens with one attached hydrogen (secondary N) is 1. The van der Waals surface area contributed by atoms with Crippen molar-refractivity contribution >= 4 is 34.1 Å². The molecule has 1 amide bonds. The molecule has 2 heterocycles. The molecule has 2 atom stereocenters. The van der Waals surface area contributed by atoms with Crippen LogP contribution in [0.2, 0.25) is 5.02 Å². The first-order valence-electron chi connectivity index (χ1n) is 7.08. The lowest BCUT2D eigenvalue weighted by Crippen LogP contribution is -2.37. The van der Waals surface area contributed by atoms with E-state index in [4.69, 9.17) is 11.6 Å². The van der Waals surface area contributed by atoms with Gasteiger partial charge in [-0.05, 0) is 31.5 Å². The van der Waals surface area contributed by atoms with Crippen LogP contribution >= 0.6 is 11.6 Å². The van der Waals surface area contributed by atoms with Crippen molar-refractivity contribution in [2.75, 3.05) is 18.9 Å². The normalized spacial score (nSPS) is 22.9. The number of amides is 1. The van der Waals surface area contributed by atoms with Gasteiger partial charge in [0, 0.05) is 25.2 Å². The highest BCUT2D eigenvalue weighted by molar-refractivity contribution is 6.38. The highest BCUT2D eigenvalue weighted by atomic mass is 35.5. The van der Waals surface area contributed by atoms with Gasteiger partial charge in [0.25, 0.3) is 0 Å². The number of benzene rings is 1. The molecule has 0 saturated carbocycles. The highest BCUT2D eigenvalue weighted by Gasteiger charge is 2.32. The van der Waals surface area contributed by atoms with E-state index in [2.05, 4.69) is 22.2 Å². The molecule has 21 heavy (non-hydrogen) atoms. The number of carbonyl (C=O) groups excluding carboxylic acids is 1. The zero-order chi connectivity index (χ0) is 15.1. The number of hydrogen-bond donors (Lipinski definition) is 1. The molecule has 1 aliphatic heterocycles. The maximum atomic E-state index is 12.4. The molecule has 0 bridgehead atoms. The van der Waals surface area contributed by atoms with Gasteiger partial charge in [-0.2, -0.15) is 5.10 Å². The molecule has 112 valence electrons. The van der Waals surface area contributed by atoms with E-state index >= 15 is 0 Å². The first kappa shape index (κ1) is 14.4. The Morgan fingerprint density at radius 1 is 1.43 bits per heavy atom. The van der Waals surface area contributed by atoms with E-state index in [1.165, 1.54) is 0 Å². The SMILES string of the molecule is C[C@@H]1C[C@@H](C(=O)Nc2ccc3nn(C)cc3c2Cl)N(C)C1. The van der Waals surface area contributed by atoms with Gasteiger partial charge >= 0.3 is 0 Å². The summed E-state index contributed by atoms with van der Waals surface area (Å²) >= 11 is 6.39. The average molecular weight is 307 g/mol. The molecular weight excluding hydrogens is 288 g/mol. The van der Waals surface area contributed by atoms with Crippen molar-refractivity contribution in [1.29, 1.82) is 0 Å². The minimum atomic E-state index is -0.0827. The van der Waals surface area contributed by atoms with Gasteiger partial charge in [-0.1, -0.05) is 18.5 Å². The third-order valence-corrected chi connectivity index (χ3v) is 4.46. The molecule has 1 N–H and O–H groups in total. The largest absolute Gasteiger partial charge is 0.323 e. The van der Waals surface area contributed by atoms with Gasteiger partial charge in [0.1, 0.15) is 0 Å². The van der Waals surface area contributed by atoms with Crippen LogP contribution in [0.5, 0.6) is 0 Å². The molecule has 1 aliphatic rings. The molecule has 0 aliphatic carbocycles. The molecule has 1 saturated heterocycles. The smallest absolute Gasteiger partial charge is 0.241 e. The lowest BCUT2D eigenvalue weighted by Gasteiger charge is -2.19. The molecule has 1 fully saturated rings. The number of hydrogen-bond acceptors (Lipinski definition) is 3. The second kappa shape index (κ2) is 5.31. The van der Waals surface area contributed by atoms with Crippen molar-refractivity contribution in [3.8, 4) is 0 Å². The van der Waals surface area contributed by atoms with Crippen molar-refractivity contribution in [3.63, 3.8) is 0 Å². The zero-order valence-corrected chi connectivity index (χ0v) is 13.2. The van der Waals surface area contributed by atoms with Crippen LogP contribution in [0.15, 0.2) is 18.3 Å². The van der Waals surface area contributed by atoms with Gasteiger partial charge in [0.05, 0.1) is 22.3 Å². The van der Waals surface area contributed by atoms with Gasteiger partial charge in [-0.15, -0.1) is 0 Å². The van der Waals surface area contributed by atoms with Crippen LogP contribution < -0.4 is 5.32 Å². The van der Waals surface area contributed by atoms with E-state index in [1.54, 1.807) is 4.68 Å². The molecule has 3 rings (SSSR count). The Labute approximate surface area is 128 Å². The number of carbonyl (C=O) groups is 1. The highest BCUT2D eigenvalue weighted by Crippen LogP contribution is 2.31. The molecule has 5 nitrogen and oxygen atoms in total. The van der Waals surface area contributed by atoms with Crippen molar-refractivity contribution in [2.24, 2.45) is 13.0 Å². The lowest BCUT2D eigenvalue weighted by molar-refractivity contribution is -0.119. The van der Waals surface area contributed by atoms with Crippen LogP contribution in [0.1, 0.15) is 13.3 Å². The van der Waals surface area contributed by atoms with Crippen LogP contribution in [0.25, 0.3) is 10.9 Å². The summed E-state index contributed by atoms with van der Waals surface area (Å²) in [5, 5.41) is 8.66. The predicted molar refractivity (Wildman–Crippen MR) is 84.6 cm³/mol. The van der Waals surface area contributed by atoms with Gasteiger partial charge in [0.15, 0.2) is 0 Å². The Bertz CT molecular complexity index is 696. The fraction of sp³-hybridized carbons (Fsp3) is 0.467. The summed E-state index contributed by atoms with van der Waals surface area (Å²) in [6, 6.07) is 3.60. The second-order valence-corrected chi connectivity index (χ2v) is 6.33. The molecule has 0 unspecified atom stereocenters. The van der Waals surface area contributed by atoms with Gasteiger partial charge in [-0.25, -0.2) is 0 Å². The summed E-state index contributed by atoms with van der Waals surface area (Å²) < 4.78 is 1.72. The Morgan fingerprint density at radius 3 is 2.86 bits per heavy atom. The minimum Gasteiger partial charge on any atom is -0.323 e. The van der Waals surface area contributed by atoms with Crippen molar-refractivity contribution < 1.29 is 4.79 Å². The number of likely N-dealkylation sites (N-methyl/N-ethyl adjacent to an activating group) is 1. The topological polar surface area (TPSA) is 50.2 Å². The standard InChI is InChI=1S/C15H19ClN4O/c1-9-6-13(19(2)7-9)15(21)17-12-5-4-11-10(14(12)16)8-20(3)18-11/h4-5,8-9,13H,6-7H2,1-3H3,(H,17,21)/t9-,13+/m1/s1. The Kier molecular flexibility index (Phi) is 3.63. The number of nitrogens with zero attached hydrogens (tertiary/aromatic N) is 3. The Balaban J connectivity index is 1.84. The van der Waals surface area contributed by atoms with Crippen LogP contribution in [0, 0.1) is 5.92 Å². The molecule has 1 aromatic carbocycles. The Hall–Kier alpha value is -1.59. The first-order valence-corrected chi connectivity index (χ1v) is 7.46. The predicted octanol–water partition coefficient (Wildman–Crippen LogP) is 2.51. The number of aryl methyl sites for hydroxylation is 1. The molecule has 6 heteroatoms. The fourth-order valence-electron chi connectivity index (χ4n) is 3.05. The maximum Gasteiger partial charge on any atom is 0.241 e. The van der Waals surface area contributed by atoms with Gasteiger partial charge in [-0.3, -0.25) is 14.4 Å². The summed E-state index contributed by atoms with van der Waals surface area (Å²) in [4.78, 5) is 14.5. The number of rotatable bonds is 2. The second-order valence-electron chi connectivity index (χ2n) is 5.95. The molecule has 0 radical (unpaired) electrons. The molecule has 1 aromatic heterocycles. The minimum absolute atomic E-state index is 0.00647. The van der Waals surface area contributed by atoms with E-state index < -0.39 is 0 Å². The van der Waals surface area contributed by atoms with E-state index in [0.717, 1.165) is 23.9 Å². The fourth-order valence-corrected chi connectivity index (χ4v) is 3.31. The van der Waals surface area contributed by atoms with Crippen LogP contribution in [-0.4, -0.2) is 40.2 Å². The van der Waals surface area contributed by atoms with E-state index in [9.17, 15) is 4.79 Å². The first-order chi connectivity index (χ1) is 9.95. The van der Waals surface area contributed by atoms with Crippen molar-refractivity contribution in [1.82, 2.24) is 14.7 Å². The Morgan fingerprint density at radius 2 is 2.19 bits per heavy atom. The third kappa shape index (κ3) is 2.63. The number of aromatic nitrogens is 2. The van der Waals surface area contributed by atoms with Crippen LogP contribution in [0.3, 0.4) is 0 Å². The molecule has 0 spiro atoms. The van der Waals surface area contributed by atoms with E-state index in [-0.39, 0.29) is 11.9 Å². The van der Waals surface area contributed by atoms with Crippen molar-refractivity contribution in [3.05, 3.63) is 23.4 Å². The number of halogens is 1. The third-order valence-electron chi connectivity index (χ3n) is 4.06. The van der Waals surface area contributed by atoms with Gasteiger partial charge in [0.2, 0.25) is 5.91 Å². The van der Waals surface area contributed by atoms with E-state index in [0.29, 0.717) is 16.6 Å². The quantitative estimate of drug-likeness (QED) is 0.927. The molecular formula is C15H19ClN4O. The number of likely N-dealkylation sites (tertiary alicyclic amines) is 1. The number of anilines is 1. The van der Waals surface area contributed by atoms with E-state index in [1.807, 2.05) is 32.4 Å². The zero-order valence-electron chi connectivity index (χ0n) is 12.4. The molecule has 2 aromatic rings. The summed E-state index contributed by atoms with van der Waals surface area (Å²) in [6.45, 7) is 3.12. The van der Waals surface area contributed by atoms with Crippen molar-refractivity contribution in [2.45, 2.75) is 19.4 Å². The summed E-state index contributed by atoms with van der Waals surface area (Å²) in [6.07, 6.45) is 2.74. The summed E-state index contributed by atoms with van der Waals surface area (Å²) in [5.41, 5.74) is 1.47. The lowest BCUT2D eigenvalue weighted by atomic mass is 10.1. The van der Waals surface area contributed by atoms with Gasteiger partial charge < -0.3 is 5.32 Å². The average Bonchev–Trinajstić information content (AvgIpc) is 2.95. The summed E-state index contributed by atoms with van der Waals surface area (Å²) in [5.74, 6) is 0.550. The summed E-state index contributed by atoms with van der Waals surface area (Å²) in [7, 11) is 3.84. The number of fused-ring (bicyclic) bond motifs is 1. The van der Waals surface area contributed by atoms with Crippen LogP contribution in [0.4, 0.5) is 5.69 Å². The monoisotopic (exact) mass is 306 g/mol. The van der Waals surface area contributed by atoms with Crippen LogP contribution in [-0.2, 0) is 11.8 Å². The maximum absolute atomic E-state index is 12.4.